The zero-order chi connectivity index (χ0) is 8.20. The van der Waals surface area contributed by atoms with Crippen molar-refractivity contribution in [1.29, 1.82) is 0 Å². The lowest BCUT2D eigenvalue weighted by Crippen LogP contribution is -2.22. The van der Waals surface area contributed by atoms with Gasteiger partial charge in [-0.05, 0) is 11.3 Å². The highest BCUT2D eigenvalue weighted by Gasteiger charge is 2.25. The maximum absolute atomic E-state index is 3.95. The summed E-state index contributed by atoms with van der Waals surface area (Å²) in [6.07, 6.45) is 3.62. The molecule has 1 atom stereocenters. The van der Waals surface area contributed by atoms with Crippen LogP contribution >= 0.6 is 0 Å². The van der Waals surface area contributed by atoms with Crippen LogP contribution in [0.2, 0.25) is 0 Å². The van der Waals surface area contributed by atoms with Gasteiger partial charge in [-0.1, -0.05) is 53.9 Å². The highest BCUT2D eigenvalue weighted by molar-refractivity contribution is 4.77. The van der Waals surface area contributed by atoms with Gasteiger partial charge in [-0.25, -0.2) is 0 Å². The molecule has 0 amide bonds. The molecule has 61 valence electrons. The Kier molecular flexibility index (Phi) is 4.00. The van der Waals surface area contributed by atoms with Gasteiger partial charge in [0.2, 0.25) is 0 Å². The maximum atomic E-state index is 3.95. The van der Waals surface area contributed by atoms with Crippen LogP contribution in [0, 0.1) is 18.3 Å². The van der Waals surface area contributed by atoms with E-state index in [0.29, 0.717) is 5.41 Å². The molecule has 0 fully saturated rings. The fourth-order valence-electron chi connectivity index (χ4n) is 1.30. The zero-order valence-electron chi connectivity index (χ0n) is 7.91. The number of hydrogen-bond acceptors (Lipinski definition) is 0. The van der Waals surface area contributed by atoms with Crippen molar-refractivity contribution in [1.82, 2.24) is 0 Å². The van der Waals surface area contributed by atoms with Crippen LogP contribution in [-0.4, -0.2) is 0 Å². The second kappa shape index (κ2) is 4.00. The molecular weight excluding hydrogens is 120 g/mol. The van der Waals surface area contributed by atoms with Crippen molar-refractivity contribution < 1.29 is 0 Å². The van der Waals surface area contributed by atoms with Crippen LogP contribution in [-0.2, 0) is 0 Å². The van der Waals surface area contributed by atoms with Gasteiger partial charge in [0.25, 0.3) is 0 Å². The Labute approximate surface area is 66.0 Å². The molecule has 10 heavy (non-hydrogen) atoms. The third-order valence-corrected chi connectivity index (χ3v) is 3.24. The van der Waals surface area contributed by atoms with Gasteiger partial charge in [0.15, 0.2) is 0 Å². The predicted molar refractivity (Wildman–Crippen MR) is 47.8 cm³/mol. The molecule has 0 spiro atoms. The molecule has 0 nitrogen and oxygen atoms in total. The Morgan fingerprint density at radius 3 is 1.80 bits per heavy atom. The summed E-state index contributed by atoms with van der Waals surface area (Å²) < 4.78 is 0. The monoisotopic (exact) mass is 141 g/mol. The van der Waals surface area contributed by atoms with Crippen molar-refractivity contribution in [2.24, 2.45) is 11.3 Å². The van der Waals surface area contributed by atoms with Gasteiger partial charge in [0.1, 0.15) is 0 Å². The molecule has 1 unspecified atom stereocenters. The van der Waals surface area contributed by atoms with Crippen LogP contribution in [0.3, 0.4) is 0 Å². The van der Waals surface area contributed by atoms with Gasteiger partial charge in [0.05, 0.1) is 0 Å². The van der Waals surface area contributed by atoms with E-state index in [-0.39, 0.29) is 0 Å². The van der Waals surface area contributed by atoms with Crippen LogP contribution in [0.1, 0.15) is 47.0 Å². The minimum atomic E-state index is 0.530. The van der Waals surface area contributed by atoms with Crippen molar-refractivity contribution in [3.8, 4) is 0 Å². The second-order valence-electron chi connectivity index (χ2n) is 3.55. The third-order valence-electron chi connectivity index (χ3n) is 3.24. The average molecular weight is 141 g/mol. The highest BCUT2D eigenvalue weighted by Crippen LogP contribution is 2.35. The average Bonchev–Trinajstić information content (AvgIpc) is 2.01. The van der Waals surface area contributed by atoms with E-state index in [4.69, 9.17) is 0 Å². The summed E-state index contributed by atoms with van der Waals surface area (Å²) in [5.74, 6) is 0.766. The molecule has 0 aliphatic heterocycles. The van der Waals surface area contributed by atoms with Crippen molar-refractivity contribution >= 4 is 0 Å². The van der Waals surface area contributed by atoms with E-state index in [9.17, 15) is 0 Å². The van der Waals surface area contributed by atoms with Crippen molar-refractivity contribution in [2.75, 3.05) is 0 Å². The Morgan fingerprint density at radius 1 is 1.30 bits per heavy atom. The fraction of sp³-hybridized carbons (Fsp3) is 0.900. The molecule has 0 N–H and O–H groups in total. The lowest BCUT2D eigenvalue weighted by atomic mass is 9.73. The Morgan fingerprint density at radius 2 is 1.70 bits per heavy atom. The summed E-state index contributed by atoms with van der Waals surface area (Å²) in [4.78, 5) is 0. The van der Waals surface area contributed by atoms with Gasteiger partial charge in [-0.15, -0.1) is 0 Å². The Bertz CT molecular complexity index is 80.0. The molecule has 0 bridgehead atoms. The molecule has 1 radical (unpaired) electrons. The number of hydrogen-bond donors (Lipinski definition) is 0. The molecular formula is C10H21. The second-order valence-corrected chi connectivity index (χ2v) is 3.55. The van der Waals surface area contributed by atoms with E-state index in [1.165, 1.54) is 12.8 Å². The molecule has 0 heterocycles. The smallest absolute Gasteiger partial charge is 0.0305 e. The van der Waals surface area contributed by atoms with Gasteiger partial charge < -0.3 is 0 Å². The van der Waals surface area contributed by atoms with Crippen LogP contribution in [0.25, 0.3) is 0 Å². The van der Waals surface area contributed by atoms with E-state index in [1.807, 2.05) is 0 Å². The predicted octanol–water partition coefficient (Wildman–Crippen LogP) is 3.67. The molecule has 0 aliphatic rings. The molecule has 0 heteroatoms. The summed E-state index contributed by atoms with van der Waals surface area (Å²) in [5.41, 5.74) is 0.530. The van der Waals surface area contributed by atoms with Crippen molar-refractivity contribution in [3.05, 3.63) is 6.92 Å². The lowest BCUT2D eigenvalue weighted by molar-refractivity contribution is 0.185. The third kappa shape index (κ3) is 2.00. The highest BCUT2D eigenvalue weighted by atomic mass is 14.3. The topological polar surface area (TPSA) is 0 Å². The van der Waals surface area contributed by atoms with E-state index in [0.717, 1.165) is 12.3 Å². The first-order chi connectivity index (χ1) is 4.60. The van der Waals surface area contributed by atoms with Gasteiger partial charge in [0, 0.05) is 0 Å². The van der Waals surface area contributed by atoms with E-state index in [1.54, 1.807) is 0 Å². The number of rotatable bonds is 4. The summed E-state index contributed by atoms with van der Waals surface area (Å²) in [6.45, 7) is 13.2. The molecule has 0 rings (SSSR count). The van der Waals surface area contributed by atoms with Crippen molar-refractivity contribution in [2.45, 2.75) is 47.0 Å². The molecule has 0 aromatic rings. The van der Waals surface area contributed by atoms with E-state index < -0.39 is 0 Å². The Balaban J connectivity index is 4.02. The normalized spacial score (nSPS) is 15.3. The van der Waals surface area contributed by atoms with Crippen LogP contribution in [0.4, 0.5) is 0 Å². The van der Waals surface area contributed by atoms with Crippen LogP contribution in [0.5, 0.6) is 0 Å². The van der Waals surface area contributed by atoms with Crippen LogP contribution < -0.4 is 0 Å². The maximum Gasteiger partial charge on any atom is -0.0305 e. The minimum Gasteiger partial charge on any atom is -0.0649 e. The molecule has 0 saturated carbocycles. The minimum absolute atomic E-state index is 0.530. The summed E-state index contributed by atoms with van der Waals surface area (Å²) in [5, 5.41) is 0. The SMILES string of the molecule is [CH2]CC(C)C(C)(CC)CC. The molecule has 0 aromatic carbocycles. The molecule has 0 saturated heterocycles. The first-order valence-electron chi connectivity index (χ1n) is 4.40. The first-order valence-corrected chi connectivity index (χ1v) is 4.40. The van der Waals surface area contributed by atoms with E-state index >= 15 is 0 Å². The zero-order valence-corrected chi connectivity index (χ0v) is 7.91. The largest absolute Gasteiger partial charge is 0.0649 e. The van der Waals surface area contributed by atoms with Crippen molar-refractivity contribution in [3.63, 3.8) is 0 Å². The lowest BCUT2D eigenvalue weighted by Gasteiger charge is -2.33. The quantitative estimate of drug-likeness (QED) is 0.560. The summed E-state index contributed by atoms with van der Waals surface area (Å²) >= 11 is 0. The van der Waals surface area contributed by atoms with Crippen LogP contribution in [0.15, 0.2) is 0 Å². The molecule has 0 aromatic heterocycles. The van der Waals surface area contributed by atoms with Gasteiger partial charge >= 0.3 is 0 Å². The molecule has 0 aliphatic carbocycles. The summed E-state index contributed by atoms with van der Waals surface area (Å²) in [6, 6.07) is 0. The fourth-order valence-corrected chi connectivity index (χ4v) is 1.30. The first kappa shape index (κ1) is 10.0. The standard InChI is InChI=1S/C10H21/c1-6-9(4)10(5,7-2)8-3/h9H,1,6-8H2,2-5H3. The van der Waals surface area contributed by atoms with Gasteiger partial charge in [-0.3, -0.25) is 0 Å². The van der Waals surface area contributed by atoms with Gasteiger partial charge in [-0.2, -0.15) is 0 Å². The Hall–Kier alpha value is 0. The summed E-state index contributed by atoms with van der Waals surface area (Å²) in [7, 11) is 0. The van der Waals surface area contributed by atoms with E-state index in [2.05, 4.69) is 34.6 Å².